The number of benzene rings is 1. The fourth-order valence-corrected chi connectivity index (χ4v) is 3.17. The third kappa shape index (κ3) is 4.58. The molecule has 1 saturated heterocycles. The lowest BCUT2D eigenvalue weighted by atomic mass is 10.1. The molecule has 26 heavy (non-hydrogen) atoms. The number of nitriles is 1. The highest BCUT2D eigenvalue weighted by Crippen LogP contribution is 2.31. The molecule has 1 aliphatic heterocycles. The molecular formula is C19H19F3N4. The first kappa shape index (κ1) is 18.3. The predicted octanol–water partition coefficient (Wildman–Crippen LogP) is 4.06. The van der Waals surface area contributed by atoms with Crippen molar-refractivity contribution in [3.63, 3.8) is 0 Å². The minimum atomic E-state index is -4.42. The van der Waals surface area contributed by atoms with Gasteiger partial charge in [0.25, 0.3) is 0 Å². The summed E-state index contributed by atoms with van der Waals surface area (Å²) in [6, 6.07) is 8.56. The summed E-state index contributed by atoms with van der Waals surface area (Å²) >= 11 is 0. The average molecular weight is 360 g/mol. The van der Waals surface area contributed by atoms with E-state index >= 15 is 0 Å². The van der Waals surface area contributed by atoms with E-state index in [4.69, 9.17) is 5.26 Å². The van der Waals surface area contributed by atoms with Crippen LogP contribution in [0.5, 0.6) is 0 Å². The molecule has 2 aromatic rings. The van der Waals surface area contributed by atoms with Crippen LogP contribution in [0.2, 0.25) is 0 Å². The summed E-state index contributed by atoms with van der Waals surface area (Å²) in [6.07, 6.45) is -0.402. The van der Waals surface area contributed by atoms with Gasteiger partial charge in [-0.05, 0) is 63.5 Å². The van der Waals surface area contributed by atoms with E-state index in [1.807, 2.05) is 6.07 Å². The molecule has 0 N–H and O–H groups in total. The fraction of sp³-hybridized carbons (Fsp3) is 0.421. The van der Waals surface area contributed by atoms with Crippen molar-refractivity contribution in [2.24, 2.45) is 0 Å². The van der Waals surface area contributed by atoms with E-state index in [9.17, 15) is 13.2 Å². The van der Waals surface area contributed by atoms with E-state index in [1.165, 1.54) is 18.9 Å². The second-order valence-electron chi connectivity index (χ2n) is 6.41. The average Bonchev–Trinajstić information content (AvgIpc) is 3.14. The summed E-state index contributed by atoms with van der Waals surface area (Å²) in [5.74, 6) is -0.0175. The Morgan fingerprint density at radius 3 is 2.58 bits per heavy atom. The highest BCUT2D eigenvalue weighted by Gasteiger charge is 2.30. The van der Waals surface area contributed by atoms with Gasteiger partial charge in [-0.15, -0.1) is 0 Å². The van der Waals surface area contributed by atoms with E-state index in [0.717, 1.165) is 38.2 Å². The number of aromatic nitrogens is 2. The van der Waals surface area contributed by atoms with Crippen molar-refractivity contribution in [1.82, 2.24) is 14.9 Å². The minimum Gasteiger partial charge on any atom is -0.303 e. The Balaban J connectivity index is 1.80. The van der Waals surface area contributed by atoms with E-state index < -0.39 is 11.7 Å². The lowest BCUT2D eigenvalue weighted by Crippen LogP contribution is -2.20. The topological polar surface area (TPSA) is 52.8 Å². The van der Waals surface area contributed by atoms with Gasteiger partial charge in [0.05, 0.1) is 11.3 Å². The largest absolute Gasteiger partial charge is 0.416 e. The van der Waals surface area contributed by atoms with Crippen LogP contribution in [-0.2, 0) is 12.6 Å². The monoisotopic (exact) mass is 360 g/mol. The molecule has 1 fully saturated rings. The molecule has 136 valence electrons. The SMILES string of the molecule is N#Cc1nc(CCCN2CCCC2)cc(-c2cccc(C(F)(F)F)c2)n1. The maximum absolute atomic E-state index is 12.9. The van der Waals surface area contributed by atoms with Crippen LogP contribution in [0.15, 0.2) is 30.3 Å². The molecule has 3 rings (SSSR count). The van der Waals surface area contributed by atoms with Crippen molar-refractivity contribution < 1.29 is 13.2 Å². The lowest BCUT2D eigenvalue weighted by Gasteiger charge is -2.14. The number of rotatable bonds is 5. The molecule has 0 aliphatic carbocycles. The lowest BCUT2D eigenvalue weighted by molar-refractivity contribution is -0.137. The quantitative estimate of drug-likeness (QED) is 0.807. The number of alkyl halides is 3. The summed E-state index contributed by atoms with van der Waals surface area (Å²) < 4.78 is 38.8. The number of hydrogen-bond donors (Lipinski definition) is 0. The van der Waals surface area contributed by atoms with Gasteiger partial charge in [0, 0.05) is 11.3 Å². The van der Waals surface area contributed by atoms with E-state index in [1.54, 1.807) is 12.1 Å². The van der Waals surface area contributed by atoms with Crippen molar-refractivity contribution in [1.29, 1.82) is 5.26 Å². The van der Waals surface area contributed by atoms with Gasteiger partial charge >= 0.3 is 6.18 Å². The molecule has 7 heteroatoms. The van der Waals surface area contributed by atoms with Crippen molar-refractivity contribution >= 4 is 0 Å². The third-order valence-electron chi connectivity index (χ3n) is 4.47. The highest BCUT2D eigenvalue weighted by atomic mass is 19.4. The molecule has 0 saturated carbocycles. The van der Waals surface area contributed by atoms with Crippen molar-refractivity contribution in [3.05, 3.63) is 47.4 Å². The van der Waals surface area contributed by atoms with Gasteiger partial charge in [0.2, 0.25) is 5.82 Å². The van der Waals surface area contributed by atoms with Crippen LogP contribution in [0.1, 0.15) is 36.3 Å². The van der Waals surface area contributed by atoms with Crippen LogP contribution < -0.4 is 0 Å². The van der Waals surface area contributed by atoms with Crippen molar-refractivity contribution in [3.8, 4) is 17.3 Å². The van der Waals surface area contributed by atoms with Crippen molar-refractivity contribution in [2.45, 2.75) is 31.9 Å². The highest BCUT2D eigenvalue weighted by molar-refractivity contribution is 5.61. The standard InChI is InChI=1S/C19H19F3N4/c20-19(21,22)15-6-3-5-14(11-15)17-12-16(24-18(13-23)25-17)7-4-10-26-8-1-2-9-26/h3,5-6,11-12H,1-2,4,7-10H2. The summed E-state index contributed by atoms with van der Waals surface area (Å²) in [6.45, 7) is 3.19. The van der Waals surface area contributed by atoms with E-state index in [-0.39, 0.29) is 5.82 Å². The molecule has 0 spiro atoms. The van der Waals surface area contributed by atoms with E-state index in [0.29, 0.717) is 23.4 Å². The van der Waals surface area contributed by atoms with Crippen LogP contribution in [0.25, 0.3) is 11.3 Å². The van der Waals surface area contributed by atoms with Gasteiger partial charge in [0.1, 0.15) is 6.07 Å². The maximum Gasteiger partial charge on any atom is 0.416 e. The Kier molecular flexibility index (Phi) is 5.52. The summed E-state index contributed by atoms with van der Waals surface area (Å²) in [5.41, 5.74) is 0.629. The first-order valence-electron chi connectivity index (χ1n) is 8.64. The minimum absolute atomic E-state index is 0.0175. The normalized spacial score (nSPS) is 15.2. The van der Waals surface area contributed by atoms with Crippen LogP contribution in [0.4, 0.5) is 13.2 Å². The zero-order valence-electron chi connectivity index (χ0n) is 14.3. The van der Waals surface area contributed by atoms with Gasteiger partial charge in [-0.2, -0.15) is 18.4 Å². The van der Waals surface area contributed by atoms with Gasteiger partial charge in [-0.1, -0.05) is 12.1 Å². The summed E-state index contributed by atoms with van der Waals surface area (Å²) in [4.78, 5) is 10.7. The van der Waals surface area contributed by atoms with Crippen LogP contribution in [0.3, 0.4) is 0 Å². The molecular weight excluding hydrogens is 341 g/mol. The summed E-state index contributed by atoms with van der Waals surface area (Å²) in [7, 11) is 0. The Labute approximate surface area is 150 Å². The molecule has 0 amide bonds. The first-order chi connectivity index (χ1) is 12.5. The molecule has 1 aromatic heterocycles. The van der Waals surface area contributed by atoms with Crippen LogP contribution >= 0.6 is 0 Å². The molecule has 0 radical (unpaired) electrons. The Morgan fingerprint density at radius 1 is 1.12 bits per heavy atom. The Morgan fingerprint density at radius 2 is 1.88 bits per heavy atom. The van der Waals surface area contributed by atoms with Crippen LogP contribution in [0, 0.1) is 11.3 Å². The zero-order valence-corrected chi connectivity index (χ0v) is 14.3. The third-order valence-corrected chi connectivity index (χ3v) is 4.47. The molecule has 2 heterocycles. The smallest absolute Gasteiger partial charge is 0.303 e. The molecule has 4 nitrogen and oxygen atoms in total. The van der Waals surface area contributed by atoms with Crippen LogP contribution in [-0.4, -0.2) is 34.5 Å². The Hall–Kier alpha value is -2.46. The molecule has 0 unspecified atom stereocenters. The van der Waals surface area contributed by atoms with Gasteiger partial charge in [0.15, 0.2) is 0 Å². The predicted molar refractivity (Wildman–Crippen MR) is 91.2 cm³/mol. The zero-order chi connectivity index (χ0) is 18.6. The first-order valence-corrected chi connectivity index (χ1v) is 8.64. The molecule has 0 atom stereocenters. The maximum atomic E-state index is 12.9. The molecule has 0 bridgehead atoms. The number of aryl methyl sites for hydroxylation is 1. The van der Waals surface area contributed by atoms with Crippen molar-refractivity contribution in [2.75, 3.05) is 19.6 Å². The second kappa shape index (κ2) is 7.83. The van der Waals surface area contributed by atoms with Gasteiger partial charge in [-0.25, -0.2) is 9.97 Å². The van der Waals surface area contributed by atoms with Gasteiger partial charge < -0.3 is 4.90 Å². The molecule has 1 aromatic carbocycles. The Bertz CT molecular complexity index is 805. The number of nitrogens with zero attached hydrogens (tertiary/aromatic N) is 4. The molecule has 1 aliphatic rings. The van der Waals surface area contributed by atoms with E-state index in [2.05, 4.69) is 14.9 Å². The number of likely N-dealkylation sites (tertiary alicyclic amines) is 1. The summed E-state index contributed by atoms with van der Waals surface area (Å²) in [5, 5.41) is 9.15. The second-order valence-corrected chi connectivity index (χ2v) is 6.41. The van der Waals surface area contributed by atoms with Gasteiger partial charge in [-0.3, -0.25) is 0 Å². The number of hydrogen-bond acceptors (Lipinski definition) is 4. The number of halogens is 3. The fourth-order valence-electron chi connectivity index (χ4n) is 3.17.